The van der Waals surface area contributed by atoms with E-state index in [4.69, 9.17) is 9.47 Å². The maximum Gasteiger partial charge on any atom is 0.408 e. The molecule has 2 rings (SSSR count). The average Bonchev–Trinajstić information content (AvgIpc) is 2.87. The van der Waals surface area contributed by atoms with Crippen molar-refractivity contribution in [3.63, 3.8) is 0 Å². The van der Waals surface area contributed by atoms with E-state index in [0.717, 1.165) is 16.7 Å². The zero-order valence-corrected chi connectivity index (χ0v) is 28.2. The van der Waals surface area contributed by atoms with E-state index in [2.05, 4.69) is 10.6 Å². The molecular weight excluding hydrogens is 558 g/mol. The van der Waals surface area contributed by atoms with Crippen LogP contribution in [0.3, 0.4) is 0 Å². The highest BCUT2D eigenvalue weighted by Crippen LogP contribution is 2.28. The Morgan fingerprint density at radius 2 is 1.32 bits per heavy atom. The van der Waals surface area contributed by atoms with Gasteiger partial charge in [0.15, 0.2) is 0 Å². The van der Waals surface area contributed by atoms with E-state index in [-0.39, 0.29) is 12.3 Å². The topological polar surface area (TPSA) is 114 Å². The molecule has 2 aromatic rings. The summed E-state index contributed by atoms with van der Waals surface area (Å²) >= 11 is 0. The molecule has 0 aliphatic heterocycles. The van der Waals surface area contributed by atoms with Gasteiger partial charge in [0.25, 0.3) is 0 Å². The third-order valence-corrected chi connectivity index (χ3v) is 6.79. The van der Waals surface area contributed by atoms with Crippen LogP contribution in [0.25, 0.3) is 0 Å². The summed E-state index contributed by atoms with van der Waals surface area (Å²) < 4.78 is 11.1. The first-order chi connectivity index (χ1) is 20.3. The van der Waals surface area contributed by atoms with E-state index in [9.17, 15) is 19.2 Å². The van der Waals surface area contributed by atoms with Gasteiger partial charge in [0.1, 0.15) is 29.3 Å². The van der Waals surface area contributed by atoms with Crippen molar-refractivity contribution in [2.24, 2.45) is 5.92 Å². The van der Waals surface area contributed by atoms with Gasteiger partial charge in [-0.05, 0) is 90.0 Å². The Labute approximate surface area is 263 Å². The number of nitrogens with zero attached hydrogens (tertiary/aromatic N) is 1. The number of benzene rings is 2. The molecule has 3 atom stereocenters. The smallest absolute Gasteiger partial charge is 0.408 e. The average molecular weight is 610 g/mol. The van der Waals surface area contributed by atoms with Crippen molar-refractivity contribution in [2.75, 3.05) is 7.05 Å². The van der Waals surface area contributed by atoms with Crippen LogP contribution in [0.1, 0.15) is 90.1 Å². The number of alkyl carbamates (subject to hydrolysis) is 1. The van der Waals surface area contributed by atoms with Gasteiger partial charge >= 0.3 is 12.1 Å². The van der Waals surface area contributed by atoms with Gasteiger partial charge in [-0.15, -0.1) is 0 Å². The fraction of sp³-hybridized carbons (Fsp3) is 0.543. The van der Waals surface area contributed by atoms with Crippen molar-refractivity contribution < 1.29 is 28.7 Å². The molecule has 0 fully saturated rings. The fourth-order valence-electron chi connectivity index (χ4n) is 4.94. The van der Waals surface area contributed by atoms with Crippen molar-refractivity contribution in [3.8, 4) is 0 Å². The zero-order valence-electron chi connectivity index (χ0n) is 28.2. The lowest BCUT2D eigenvalue weighted by Gasteiger charge is -2.34. The first-order valence-electron chi connectivity index (χ1n) is 15.2. The summed E-state index contributed by atoms with van der Waals surface area (Å²) in [6.45, 7) is 18.2. The third kappa shape index (κ3) is 11.3. The van der Waals surface area contributed by atoms with E-state index in [0.29, 0.717) is 12.0 Å². The van der Waals surface area contributed by atoms with Crippen molar-refractivity contribution in [1.82, 2.24) is 15.5 Å². The van der Waals surface area contributed by atoms with Crippen LogP contribution >= 0.6 is 0 Å². The van der Waals surface area contributed by atoms with Crippen LogP contribution in [0.5, 0.6) is 0 Å². The fourth-order valence-corrected chi connectivity index (χ4v) is 4.94. The number of likely N-dealkylation sites (N-methyl/N-ethyl adjacent to an activating group) is 1. The van der Waals surface area contributed by atoms with Gasteiger partial charge in [-0.25, -0.2) is 9.59 Å². The van der Waals surface area contributed by atoms with E-state index in [1.807, 2.05) is 76.2 Å². The third-order valence-electron chi connectivity index (χ3n) is 6.79. The molecule has 2 N–H and O–H groups in total. The summed E-state index contributed by atoms with van der Waals surface area (Å²) in [5, 5.41) is 5.63. The molecule has 0 spiro atoms. The van der Waals surface area contributed by atoms with Crippen LogP contribution in [-0.2, 0) is 30.3 Å². The molecule has 9 nitrogen and oxygen atoms in total. The quantitative estimate of drug-likeness (QED) is 0.311. The van der Waals surface area contributed by atoms with Crippen molar-refractivity contribution in [3.05, 3.63) is 70.8 Å². The number of aryl methyl sites for hydroxylation is 2. The molecule has 0 radical (unpaired) electrons. The molecule has 9 heteroatoms. The minimum atomic E-state index is -1.10. The molecule has 3 unspecified atom stereocenters. The Morgan fingerprint density at radius 3 is 1.82 bits per heavy atom. The number of esters is 1. The predicted octanol–water partition coefficient (Wildman–Crippen LogP) is 5.81. The van der Waals surface area contributed by atoms with Crippen LogP contribution in [-0.4, -0.2) is 59.1 Å². The van der Waals surface area contributed by atoms with Crippen LogP contribution in [0.4, 0.5) is 4.79 Å². The molecule has 0 bridgehead atoms. The van der Waals surface area contributed by atoms with Crippen LogP contribution in [0.15, 0.2) is 48.5 Å². The summed E-state index contributed by atoms with van der Waals surface area (Å²) in [7, 11) is 1.54. The lowest BCUT2D eigenvalue weighted by Crippen LogP contribution is -2.54. The Kier molecular flexibility index (Phi) is 12.6. The molecule has 0 saturated heterocycles. The second-order valence-electron chi connectivity index (χ2n) is 13.8. The van der Waals surface area contributed by atoms with E-state index < -0.39 is 53.2 Å². The minimum Gasteiger partial charge on any atom is -0.458 e. The van der Waals surface area contributed by atoms with Crippen LogP contribution in [0.2, 0.25) is 0 Å². The second-order valence-corrected chi connectivity index (χ2v) is 13.8. The molecule has 2 aromatic carbocycles. The highest BCUT2D eigenvalue weighted by molar-refractivity contribution is 5.94. The monoisotopic (exact) mass is 609 g/mol. The van der Waals surface area contributed by atoms with E-state index in [1.165, 1.54) is 4.90 Å². The molecule has 3 amide bonds. The number of hydrogen-bond donors (Lipinski definition) is 2. The number of carbonyl (C=O) groups is 4. The Balaban J connectivity index is 2.54. The summed E-state index contributed by atoms with van der Waals surface area (Å²) in [5.41, 5.74) is 1.58. The Bertz CT molecular complexity index is 1270. The molecule has 0 aliphatic rings. The predicted molar refractivity (Wildman–Crippen MR) is 172 cm³/mol. The van der Waals surface area contributed by atoms with Crippen LogP contribution < -0.4 is 10.6 Å². The van der Waals surface area contributed by atoms with Crippen molar-refractivity contribution >= 4 is 23.9 Å². The molecular formula is C35H51N3O6. The first-order valence-corrected chi connectivity index (χ1v) is 15.2. The van der Waals surface area contributed by atoms with Crippen LogP contribution in [0, 0.1) is 19.8 Å². The standard InChI is InChI=1S/C35H51N3O6/c1-22(2)20-26(37-33(42)44-35(8,9)10)31(40)38(11)29(28-23(3)16-15-17-24(28)4)30(39)36-27(32(41)43-34(5,6)7)21-25-18-13-12-14-19-25/h12-19,22,26-27,29H,20-21H2,1-11H3,(H,36,39)(H,37,42). The van der Waals surface area contributed by atoms with Gasteiger partial charge in [-0.2, -0.15) is 0 Å². The second kappa shape index (κ2) is 15.2. The highest BCUT2D eigenvalue weighted by atomic mass is 16.6. The molecule has 0 aliphatic carbocycles. The molecule has 44 heavy (non-hydrogen) atoms. The number of ether oxygens (including phenoxy) is 2. The number of carbonyl (C=O) groups excluding carboxylic acids is 4. The van der Waals surface area contributed by atoms with Gasteiger partial charge in [-0.1, -0.05) is 62.4 Å². The summed E-state index contributed by atoms with van der Waals surface area (Å²) in [4.78, 5) is 55.9. The van der Waals surface area contributed by atoms with Gasteiger partial charge < -0.3 is 25.0 Å². The normalized spacial score (nSPS) is 13.8. The largest absolute Gasteiger partial charge is 0.458 e. The van der Waals surface area contributed by atoms with Crippen molar-refractivity contribution in [2.45, 2.75) is 111 Å². The SMILES string of the molecule is Cc1cccc(C)c1C(C(=O)NC(Cc1ccccc1)C(=O)OC(C)(C)C)N(C)C(=O)C(CC(C)C)NC(=O)OC(C)(C)C. The van der Waals surface area contributed by atoms with Gasteiger partial charge in [0, 0.05) is 13.5 Å². The van der Waals surface area contributed by atoms with Gasteiger partial charge in [-0.3, -0.25) is 9.59 Å². The summed E-state index contributed by atoms with van der Waals surface area (Å²) in [6.07, 6.45) is -0.182. The van der Waals surface area contributed by atoms with Crippen molar-refractivity contribution in [1.29, 1.82) is 0 Å². The molecule has 0 aromatic heterocycles. The molecule has 0 heterocycles. The lowest BCUT2D eigenvalue weighted by molar-refractivity contribution is -0.159. The molecule has 0 saturated carbocycles. The van der Waals surface area contributed by atoms with E-state index in [1.54, 1.807) is 48.6 Å². The summed E-state index contributed by atoms with van der Waals surface area (Å²) in [6, 6.07) is 11.9. The first kappa shape index (κ1) is 36.3. The Hall–Kier alpha value is -3.88. The maximum atomic E-state index is 14.3. The van der Waals surface area contributed by atoms with E-state index >= 15 is 0 Å². The number of nitrogens with one attached hydrogen (secondary N) is 2. The number of amides is 3. The van der Waals surface area contributed by atoms with Gasteiger partial charge in [0.05, 0.1) is 0 Å². The number of hydrogen-bond acceptors (Lipinski definition) is 6. The highest BCUT2D eigenvalue weighted by Gasteiger charge is 2.38. The van der Waals surface area contributed by atoms with Gasteiger partial charge in [0.2, 0.25) is 11.8 Å². The number of rotatable bonds is 11. The summed E-state index contributed by atoms with van der Waals surface area (Å²) in [5.74, 6) is -1.51. The lowest BCUT2D eigenvalue weighted by atomic mass is 9.93. The Morgan fingerprint density at radius 1 is 0.773 bits per heavy atom. The molecule has 242 valence electrons. The minimum absolute atomic E-state index is 0.0576. The maximum absolute atomic E-state index is 14.3. The zero-order chi connectivity index (χ0) is 33.4.